The molecule has 0 radical (unpaired) electrons. The Balaban J connectivity index is 0.000001000. The summed E-state index contributed by atoms with van der Waals surface area (Å²) in [5.74, 6) is 0. The highest BCUT2D eigenvalue weighted by atomic mass is 35.5. The lowest BCUT2D eigenvalue weighted by molar-refractivity contribution is 0.810. The molecule has 1 aromatic heterocycles. The van der Waals surface area contributed by atoms with E-state index in [9.17, 15) is 0 Å². The maximum Gasteiger partial charge on any atom is 0.0372 e. The first-order valence-electron chi connectivity index (χ1n) is 3.38. The highest BCUT2D eigenvalue weighted by molar-refractivity contribution is 5.85. The Kier molecular flexibility index (Phi) is 4.08. The van der Waals surface area contributed by atoms with Crippen molar-refractivity contribution in [3.63, 3.8) is 0 Å². The Morgan fingerprint density at radius 2 is 2.09 bits per heavy atom. The maximum atomic E-state index is 5.62. The van der Waals surface area contributed by atoms with Crippen molar-refractivity contribution in [3.05, 3.63) is 29.6 Å². The summed E-state index contributed by atoms with van der Waals surface area (Å²) in [6.45, 7) is 3.91. The minimum absolute atomic E-state index is 0. The predicted octanol–water partition coefficient (Wildman–Crippen LogP) is 1.83. The highest BCUT2D eigenvalue weighted by Gasteiger charge is 1.96. The van der Waals surface area contributed by atoms with Crippen molar-refractivity contribution in [1.82, 2.24) is 4.98 Å². The summed E-state index contributed by atoms with van der Waals surface area (Å²) >= 11 is 0. The molecule has 2 nitrogen and oxygen atoms in total. The number of pyridine rings is 1. The Hall–Kier alpha value is -0.600. The Labute approximate surface area is 73.2 Å². The number of aryl methyl sites for hydroxylation is 1. The van der Waals surface area contributed by atoms with Crippen LogP contribution in [0.1, 0.15) is 24.2 Å². The molecule has 0 unspecified atom stereocenters. The lowest BCUT2D eigenvalue weighted by Crippen LogP contribution is -2.04. The number of nitrogens with two attached hydrogens (primary N) is 1. The third-order valence-corrected chi connectivity index (χ3v) is 1.46. The predicted molar refractivity (Wildman–Crippen MR) is 48.8 cm³/mol. The monoisotopic (exact) mass is 172 g/mol. The number of hydrogen-bond acceptors (Lipinski definition) is 2. The standard InChI is InChI=1S/C8H12N2.ClH/c1-6-3-4-8(5-10-6)7(2)9;/h3-5,7H,9H2,1-2H3;1H/t7-;/m1./s1. The van der Waals surface area contributed by atoms with E-state index in [1.54, 1.807) is 0 Å². The maximum absolute atomic E-state index is 5.62. The average molecular weight is 173 g/mol. The first kappa shape index (κ1) is 10.4. The second kappa shape index (κ2) is 4.31. The molecule has 1 heterocycles. The van der Waals surface area contributed by atoms with Crippen LogP contribution in [-0.2, 0) is 0 Å². The summed E-state index contributed by atoms with van der Waals surface area (Å²) in [7, 11) is 0. The van der Waals surface area contributed by atoms with Crippen molar-refractivity contribution in [1.29, 1.82) is 0 Å². The average Bonchev–Trinajstić information content (AvgIpc) is 1.88. The van der Waals surface area contributed by atoms with E-state index in [4.69, 9.17) is 5.73 Å². The van der Waals surface area contributed by atoms with Crippen molar-refractivity contribution in [3.8, 4) is 0 Å². The molecular formula is C8H13ClN2. The number of halogens is 1. The van der Waals surface area contributed by atoms with Gasteiger partial charge in [0.25, 0.3) is 0 Å². The highest BCUT2D eigenvalue weighted by Crippen LogP contribution is 2.06. The van der Waals surface area contributed by atoms with Gasteiger partial charge in [0.15, 0.2) is 0 Å². The molecule has 0 amide bonds. The van der Waals surface area contributed by atoms with Gasteiger partial charge in [-0.3, -0.25) is 4.98 Å². The quantitative estimate of drug-likeness (QED) is 0.702. The van der Waals surface area contributed by atoms with Crippen LogP contribution in [0.3, 0.4) is 0 Å². The molecule has 0 fully saturated rings. The van der Waals surface area contributed by atoms with Crippen LogP contribution in [0.4, 0.5) is 0 Å². The molecule has 0 aliphatic rings. The van der Waals surface area contributed by atoms with Crippen LogP contribution < -0.4 is 5.73 Å². The van der Waals surface area contributed by atoms with Crippen LogP contribution in [0.2, 0.25) is 0 Å². The van der Waals surface area contributed by atoms with Gasteiger partial charge >= 0.3 is 0 Å². The van der Waals surface area contributed by atoms with Gasteiger partial charge in [0.2, 0.25) is 0 Å². The third kappa shape index (κ3) is 2.87. The van der Waals surface area contributed by atoms with Crippen LogP contribution in [-0.4, -0.2) is 4.98 Å². The minimum atomic E-state index is 0. The zero-order valence-corrected chi connectivity index (χ0v) is 7.56. The molecular weight excluding hydrogens is 160 g/mol. The lowest BCUT2D eigenvalue weighted by atomic mass is 10.1. The van der Waals surface area contributed by atoms with E-state index in [0.29, 0.717) is 0 Å². The number of rotatable bonds is 1. The SMILES string of the molecule is Cc1ccc([C@@H](C)N)cn1.Cl. The summed E-state index contributed by atoms with van der Waals surface area (Å²) < 4.78 is 0. The van der Waals surface area contributed by atoms with Crippen LogP contribution in [0, 0.1) is 6.92 Å². The van der Waals surface area contributed by atoms with Gasteiger partial charge in [-0.05, 0) is 25.5 Å². The Morgan fingerprint density at radius 1 is 1.45 bits per heavy atom. The molecule has 62 valence electrons. The molecule has 1 atom stereocenters. The van der Waals surface area contributed by atoms with E-state index >= 15 is 0 Å². The molecule has 11 heavy (non-hydrogen) atoms. The van der Waals surface area contributed by atoms with E-state index in [0.717, 1.165) is 11.3 Å². The van der Waals surface area contributed by atoms with Crippen molar-refractivity contribution in [2.45, 2.75) is 19.9 Å². The first-order chi connectivity index (χ1) is 4.70. The van der Waals surface area contributed by atoms with Gasteiger partial charge in [-0.2, -0.15) is 0 Å². The molecule has 0 aromatic carbocycles. The molecule has 0 saturated heterocycles. The van der Waals surface area contributed by atoms with Gasteiger partial charge < -0.3 is 5.73 Å². The van der Waals surface area contributed by atoms with Crippen molar-refractivity contribution in [2.24, 2.45) is 5.73 Å². The number of aromatic nitrogens is 1. The van der Waals surface area contributed by atoms with Gasteiger partial charge in [0.1, 0.15) is 0 Å². The van der Waals surface area contributed by atoms with Crippen molar-refractivity contribution >= 4 is 12.4 Å². The zero-order valence-electron chi connectivity index (χ0n) is 6.74. The lowest BCUT2D eigenvalue weighted by Gasteiger charge is -2.03. The van der Waals surface area contributed by atoms with E-state index in [2.05, 4.69) is 4.98 Å². The fraction of sp³-hybridized carbons (Fsp3) is 0.375. The second-order valence-corrected chi connectivity index (χ2v) is 2.52. The molecule has 0 bridgehead atoms. The van der Waals surface area contributed by atoms with Crippen molar-refractivity contribution < 1.29 is 0 Å². The summed E-state index contributed by atoms with van der Waals surface area (Å²) in [6, 6.07) is 4.07. The normalized spacial score (nSPS) is 11.9. The van der Waals surface area contributed by atoms with Crippen LogP contribution in [0.15, 0.2) is 18.3 Å². The molecule has 0 saturated carbocycles. The fourth-order valence-electron chi connectivity index (χ4n) is 0.749. The Morgan fingerprint density at radius 3 is 2.45 bits per heavy atom. The third-order valence-electron chi connectivity index (χ3n) is 1.46. The summed E-state index contributed by atoms with van der Waals surface area (Å²) in [5, 5.41) is 0. The van der Waals surface area contributed by atoms with Gasteiger partial charge in [0, 0.05) is 17.9 Å². The van der Waals surface area contributed by atoms with Crippen LogP contribution in [0.25, 0.3) is 0 Å². The first-order valence-corrected chi connectivity index (χ1v) is 3.38. The molecule has 1 aromatic rings. The largest absolute Gasteiger partial charge is 0.324 e. The zero-order chi connectivity index (χ0) is 7.56. The van der Waals surface area contributed by atoms with Crippen LogP contribution in [0.5, 0.6) is 0 Å². The Bertz CT molecular complexity index is 206. The van der Waals surface area contributed by atoms with E-state index in [1.165, 1.54) is 0 Å². The topological polar surface area (TPSA) is 38.9 Å². The summed E-state index contributed by atoms with van der Waals surface area (Å²) in [5.41, 5.74) is 7.74. The smallest absolute Gasteiger partial charge is 0.0372 e. The molecule has 0 aliphatic carbocycles. The van der Waals surface area contributed by atoms with Gasteiger partial charge in [-0.1, -0.05) is 6.07 Å². The molecule has 0 spiro atoms. The number of hydrogen-bond donors (Lipinski definition) is 1. The van der Waals surface area contributed by atoms with Gasteiger partial charge in [0.05, 0.1) is 0 Å². The van der Waals surface area contributed by atoms with Crippen LogP contribution >= 0.6 is 12.4 Å². The van der Waals surface area contributed by atoms with E-state index in [1.807, 2.05) is 32.2 Å². The summed E-state index contributed by atoms with van der Waals surface area (Å²) in [4.78, 5) is 4.12. The van der Waals surface area contributed by atoms with Gasteiger partial charge in [-0.15, -0.1) is 12.4 Å². The second-order valence-electron chi connectivity index (χ2n) is 2.52. The molecule has 0 aliphatic heterocycles. The van der Waals surface area contributed by atoms with Crippen molar-refractivity contribution in [2.75, 3.05) is 0 Å². The fourth-order valence-corrected chi connectivity index (χ4v) is 0.749. The van der Waals surface area contributed by atoms with E-state index in [-0.39, 0.29) is 18.4 Å². The summed E-state index contributed by atoms with van der Waals surface area (Å²) in [6.07, 6.45) is 1.82. The van der Waals surface area contributed by atoms with E-state index < -0.39 is 0 Å². The molecule has 2 N–H and O–H groups in total. The number of nitrogens with zero attached hydrogens (tertiary/aromatic N) is 1. The molecule has 1 rings (SSSR count). The van der Waals surface area contributed by atoms with Gasteiger partial charge in [-0.25, -0.2) is 0 Å². The molecule has 3 heteroatoms. The minimum Gasteiger partial charge on any atom is -0.324 e.